The molecule has 1 heteroatoms. The number of benzene rings is 2. The number of hydrogen-bond acceptors (Lipinski definition) is 1. The van der Waals surface area contributed by atoms with Crippen molar-refractivity contribution in [3.63, 3.8) is 0 Å². The fourth-order valence-electron chi connectivity index (χ4n) is 2.23. The molecule has 1 nitrogen and oxygen atoms in total. The van der Waals surface area contributed by atoms with Gasteiger partial charge in [0, 0.05) is 19.8 Å². The van der Waals surface area contributed by atoms with Crippen LogP contribution in [0.2, 0.25) is 0 Å². The number of hydrogen-bond donors (Lipinski definition) is 0. The SMILES string of the molecule is CCc1ccccc1C=CC=Cc1ccc(N(C)C)cc1. The van der Waals surface area contributed by atoms with E-state index in [-0.39, 0.29) is 0 Å². The second-order valence-electron chi connectivity index (χ2n) is 5.26. The highest BCUT2D eigenvalue weighted by Crippen LogP contribution is 2.14. The Morgan fingerprint density at radius 3 is 2.19 bits per heavy atom. The van der Waals surface area contributed by atoms with Gasteiger partial charge in [-0.2, -0.15) is 0 Å². The normalized spacial score (nSPS) is 11.4. The van der Waals surface area contributed by atoms with Gasteiger partial charge in [0.15, 0.2) is 0 Å². The summed E-state index contributed by atoms with van der Waals surface area (Å²) in [5.41, 5.74) is 5.12. The molecule has 0 spiro atoms. The summed E-state index contributed by atoms with van der Waals surface area (Å²) >= 11 is 0. The van der Waals surface area contributed by atoms with Crippen LogP contribution in [0.5, 0.6) is 0 Å². The fraction of sp³-hybridized carbons (Fsp3) is 0.200. The lowest BCUT2D eigenvalue weighted by atomic mass is 10.0. The Morgan fingerprint density at radius 1 is 0.857 bits per heavy atom. The second-order valence-corrected chi connectivity index (χ2v) is 5.26. The van der Waals surface area contributed by atoms with E-state index >= 15 is 0 Å². The van der Waals surface area contributed by atoms with Gasteiger partial charge < -0.3 is 4.90 Å². The molecule has 0 atom stereocenters. The molecule has 108 valence electrons. The first kappa shape index (κ1) is 15.1. The number of allylic oxidation sites excluding steroid dienone is 2. The fourth-order valence-corrected chi connectivity index (χ4v) is 2.23. The third kappa shape index (κ3) is 4.35. The maximum absolute atomic E-state index is 2.19. The highest BCUT2D eigenvalue weighted by Gasteiger charge is 1.94. The van der Waals surface area contributed by atoms with Crippen LogP contribution in [0.15, 0.2) is 60.7 Å². The van der Waals surface area contributed by atoms with Gasteiger partial charge in [0.25, 0.3) is 0 Å². The average Bonchev–Trinajstić information content (AvgIpc) is 2.52. The van der Waals surface area contributed by atoms with E-state index in [0.29, 0.717) is 0 Å². The van der Waals surface area contributed by atoms with Crippen molar-refractivity contribution in [2.45, 2.75) is 13.3 Å². The number of anilines is 1. The zero-order chi connectivity index (χ0) is 15.1. The van der Waals surface area contributed by atoms with Crippen LogP contribution in [-0.4, -0.2) is 14.1 Å². The van der Waals surface area contributed by atoms with Crippen LogP contribution in [0, 0.1) is 0 Å². The highest BCUT2D eigenvalue weighted by atomic mass is 15.1. The summed E-state index contributed by atoms with van der Waals surface area (Å²) in [4.78, 5) is 2.11. The Kier molecular flexibility index (Phi) is 5.39. The van der Waals surface area contributed by atoms with Crippen molar-refractivity contribution >= 4 is 17.8 Å². The molecular formula is C20H23N. The number of nitrogens with zero attached hydrogens (tertiary/aromatic N) is 1. The van der Waals surface area contributed by atoms with Crippen LogP contribution in [-0.2, 0) is 6.42 Å². The van der Waals surface area contributed by atoms with Gasteiger partial charge in [0.05, 0.1) is 0 Å². The summed E-state index contributed by atoms with van der Waals surface area (Å²) in [6.45, 7) is 2.19. The molecule has 0 N–H and O–H groups in total. The first-order chi connectivity index (χ1) is 10.2. The molecule has 2 aromatic carbocycles. The molecule has 0 fully saturated rings. The lowest BCUT2D eigenvalue weighted by molar-refractivity contribution is 1.13. The van der Waals surface area contributed by atoms with Crippen molar-refractivity contribution in [3.05, 3.63) is 77.4 Å². The molecule has 0 amide bonds. The predicted octanol–water partition coefficient (Wildman–Crippen LogP) is 5.04. The minimum Gasteiger partial charge on any atom is -0.378 e. The molecule has 0 bridgehead atoms. The topological polar surface area (TPSA) is 3.24 Å². The van der Waals surface area contributed by atoms with E-state index in [1.165, 1.54) is 22.4 Å². The van der Waals surface area contributed by atoms with E-state index in [0.717, 1.165) is 6.42 Å². The standard InChI is InChI=1S/C20H23N/c1-4-18-10-7-8-12-19(18)11-6-5-9-17-13-15-20(16-14-17)21(2)3/h5-16H,4H2,1-3H3. The van der Waals surface area contributed by atoms with Crippen molar-refractivity contribution in [3.8, 4) is 0 Å². The molecule has 0 saturated carbocycles. The summed E-state index contributed by atoms with van der Waals surface area (Å²) < 4.78 is 0. The summed E-state index contributed by atoms with van der Waals surface area (Å²) in [5, 5.41) is 0. The van der Waals surface area contributed by atoms with Crippen molar-refractivity contribution in [1.29, 1.82) is 0 Å². The number of rotatable bonds is 5. The summed E-state index contributed by atoms with van der Waals surface area (Å²) in [7, 11) is 4.11. The monoisotopic (exact) mass is 277 g/mol. The minimum absolute atomic E-state index is 1.07. The third-order valence-electron chi connectivity index (χ3n) is 3.52. The van der Waals surface area contributed by atoms with Crippen LogP contribution < -0.4 is 4.90 Å². The second kappa shape index (κ2) is 7.49. The van der Waals surface area contributed by atoms with Crippen LogP contribution in [0.1, 0.15) is 23.6 Å². The van der Waals surface area contributed by atoms with E-state index in [1.807, 2.05) is 0 Å². The molecule has 0 aromatic heterocycles. The van der Waals surface area contributed by atoms with Gasteiger partial charge in [-0.1, -0.05) is 67.6 Å². The Balaban J connectivity index is 2.03. The van der Waals surface area contributed by atoms with Crippen molar-refractivity contribution in [2.75, 3.05) is 19.0 Å². The molecule has 21 heavy (non-hydrogen) atoms. The van der Waals surface area contributed by atoms with Crippen molar-refractivity contribution in [2.24, 2.45) is 0 Å². The molecule has 0 aliphatic carbocycles. The van der Waals surface area contributed by atoms with Crippen molar-refractivity contribution in [1.82, 2.24) is 0 Å². The minimum atomic E-state index is 1.07. The Bertz CT molecular complexity index is 619. The van der Waals surface area contributed by atoms with Crippen LogP contribution in [0.25, 0.3) is 12.2 Å². The molecule has 0 saturated heterocycles. The molecule has 0 aliphatic heterocycles. The van der Waals surface area contributed by atoms with E-state index < -0.39 is 0 Å². The average molecular weight is 277 g/mol. The lowest BCUT2D eigenvalue weighted by Gasteiger charge is -2.11. The van der Waals surface area contributed by atoms with Gasteiger partial charge >= 0.3 is 0 Å². The molecule has 0 heterocycles. The lowest BCUT2D eigenvalue weighted by Crippen LogP contribution is -2.07. The van der Waals surface area contributed by atoms with Gasteiger partial charge in [0.1, 0.15) is 0 Å². The van der Waals surface area contributed by atoms with Gasteiger partial charge in [0.2, 0.25) is 0 Å². The highest BCUT2D eigenvalue weighted by molar-refractivity contribution is 5.60. The quantitative estimate of drug-likeness (QED) is 0.692. The number of aryl methyl sites for hydroxylation is 1. The van der Waals surface area contributed by atoms with Crippen LogP contribution in [0.3, 0.4) is 0 Å². The molecule has 0 unspecified atom stereocenters. The third-order valence-corrected chi connectivity index (χ3v) is 3.52. The van der Waals surface area contributed by atoms with Crippen molar-refractivity contribution < 1.29 is 0 Å². The van der Waals surface area contributed by atoms with Gasteiger partial charge in [-0.05, 0) is 35.2 Å². The smallest absolute Gasteiger partial charge is 0.0361 e. The zero-order valence-corrected chi connectivity index (χ0v) is 13.1. The Labute approximate surface area is 128 Å². The summed E-state index contributed by atoms with van der Waals surface area (Å²) in [5.74, 6) is 0. The first-order valence-corrected chi connectivity index (χ1v) is 7.40. The van der Waals surface area contributed by atoms with Gasteiger partial charge in [-0.3, -0.25) is 0 Å². The van der Waals surface area contributed by atoms with E-state index in [1.54, 1.807) is 0 Å². The molecule has 0 aliphatic rings. The summed E-state index contributed by atoms with van der Waals surface area (Å²) in [6.07, 6.45) is 9.57. The predicted molar refractivity (Wildman–Crippen MR) is 94.7 cm³/mol. The van der Waals surface area contributed by atoms with E-state index in [4.69, 9.17) is 0 Å². The Morgan fingerprint density at radius 2 is 1.52 bits per heavy atom. The molecule has 2 rings (SSSR count). The van der Waals surface area contributed by atoms with Crippen LogP contribution in [0.4, 0.5) is 5.69 Å². The first-order valence-electron chi connectivity index (χ1n) is 7.40. The molecule has 0 radical (unpaired) electrons. The maximum atomic E-state index is 2.19. The molecule has 2 aromatic rings. The Hall–Kier alpha value is -2.28. The zero-order valence-electron chi connectivity index (χ0n) is 13.1. The van der Waals surface area contributed by atoms with Gasteiger partial charge in [-0.15, -0.1) is 0 Å². The van der Waals surface area contributed by atoms with Crippen LogP contribution >= 0.6 is 0 Å². The van der Waals surface area contributed by atoms with Gasteiger partial charge in [-0.25, -0.2) is 0 Å². The maximum Gasteiger partial charge on any atom is 0.0361 e. The molecular weight excluding hydrogens is 254 g/mol. The van der Waals surface area contributed by atoms with E-state index in [9.17, 15) is 0 Å². The summed E-state index contributed by atoms with van der Waals surface area (Å²) in [6, 6.07) is 17.1. The van der Waals surface area contributed by atoms with E-state index in [2.05, 4.69) is 98.8 Å². The largest absolute Gasteiger partial charge is 0.378 e.